The average molecular weight is 288 g/mol. The van der Waals surface area contributed by atoms with Crippen LogP contribution in [0.4, 0.5) is 11.5 Å². The largest absolute Gasteiger partial charge is 0.481 e. The Morgan fingerprint density at radius 3 is 2.89 bits per heavy atom. The summed E-state index contributed by atoms with van der Waals surface area (Å²) in [5.74, 6) is -0.478. The van der Waals surface area contributed by atoms with E-state index in [0.29, 0.717) is 18.7 Å². The molecule has 104 valence electrons. The Balaban J connectivity index is 2.57. The lowest BCUT2D eigenvalue weighted by atomic mass is 10.1. The summed E-state index contributed by atoms with van der Waals surface area (Å²) in [6.45, 7) is 1.86. The van der Waals surface area contributed by atoms with Crippen molar-refractivity contribution in [3.63, 3.8) is 0 Å². The molecule has 1 aromatic rings. The molecular weight excluding hydrogens is 274 g/mol. The number of hydrogen-bond acceptors (Lipinski definition) is 5. The molecule has 0 bridgehead atoms. The van der Waals surface area contributed by atoms with Gasteiger partial charge in [0.15, 0.2) is 0 Å². The van der Waals surface area contributed by atoms with Crippen LogP contribution in [0, 0.1) is 10.1 Å². The molecule has 0 amide bonds. The van der Waals surface area contributed by atoms with Gasteiger partial charge < -0.3 is 10.4 Å². The van der Waals surface area contributed by atoms with E-state index in [1.807, 2.05) is 6.92 Å². The monoisotopic (exact) mass is 287 g/mol. The number of aromatic nitrogens is 1. The van der Waals surface area contributed by atoms with Crippen molar-refractivity contribution in [1.29, 1.82) is 0 Å². The number of pyridine rings is 1. The topological polar surface area (TPSA) is 105 Å². The first-order valence-electron chi connectivity index (χ1n) is 5.68. The Hall–Kier alpha value is -1.89. The van der Waals surface area contributed by atoms with E-state index in [2.05, 4.69) is 10.3 Å². The summed E-state index contributed by atoms with van der Waals surface area (Å²) < 4.78 is 0. The maximum atomic E-state index is 10.5. The summed E-state index contributed by atoms with van der Waals surface area (Å²) in [5, 5.41) is 22.2. The van der Waals surface area contributed by atoms with Crippen molar-refractivity contribution >= 4 is 29.1 Å². The van der Waals surface area contributed by atoms with E-state index in [-0.39, 0.29) is 23.2 Å². The van der Waals surface area contributed by atoms with Crippen LogP contribution < -0.4 is 5.32 Å². The Morgan fingerprint density at radius 1 is 1.68 bits per heavy atom. The zero-order chi connectivity index (χ0) is 14.4. The molecule has 1 heterocycles. The number of aliphatic carboxylic acids is 1. The van der Waals surface area contributed by atoms with Gasteiger partial charge in [-0.2, -0.15) is 0 Å². The van der Waals surface area contributed by atoms with Crippen LogP contribution in [0.15, 0.2) is 12.3 Å². The van der Waals surface area contributed by atoms with Gasteiger partial charge in [-0.15, -0.1) is 0 Å². The fourth-order valence-corrected chi connectivity index (χ4v) is 1.71. The number of nitrogens with one attached hydrogen (secondary N) is 1. The molecule has 1 atom stereocenters. The van der Waals surface area contributed by atoms with Gasteiger partial charge in [-0.1, -0.05) is 11.6 Å². The van der Waals surface area contributed by atoms with Crippen LogP contribution in [-0.4, -0.2) is 27.0 Å². The summed E-state index contributed by atoms with van der Waals surface area (Å²) in [4.78, 5) is 24.2. The highest BCUT2D eigenvalue weighted by Crippen LogP contribution is 2.24. The van der Waals surface area contributed by atoms with Crippen molar-refractivity contribution in [3.8, 4) is 0 Å². The fraction of sp³-hybridized carbons (Fsp3) is 0.455. The van der Waals surface area contributed by atoms with Crippen LogP contribution in [0.2, 0.25) is 5.02 Å². The molecule has 8 heteroatoms. The van der Waals surface area contributed by atoms with Gasteiger partial charge in [0.1, 0.15) is 12.0 Å². The van der Waals surface area contributed by atoms with Crippen molar-refractivity contribution in [2.75, 3.05) is 5.32 Å². The molecule has 0 saturated carbocycles. The molecule has 2 N–H and O–H groups in total. The van der Waals surface area contributed by atoms with Crippen LogP contribution >= 0.6 is 11.6 Å². The van der Waals surface area contributed by atoms with E-state index in [0.717, 1.165) is 6.20 Å². The molecule has 0 aliphatic heterocycles. The number of hydrogen-bond donors (Lipinski definition) is 2. The zero-order valence-electron chi connectivity index (χ0n) is 10.3. The minimum atomic E-state index is -0.835. The molecule has 0 radical (unpaired) electrons. The summed E-state index contributed by atoms with van der Waals surface area (Å²) in [6.07, 6.45) is 2.40. The lowest BCUT2D eigenvalue weighted by Crippen LogP contribution is -2.16. The molecule has 0 saturated heterocycles. The fourth-order valence-electron chi connectivity index (χ4n) is 1.50. The number of rotatable bonds is 7. The lowest BCUT2D eigenvalue weighted by molar-refractivity contribution is -0.385. The molecule has 0 aliphatic rings. The third kappa shape index (κ3) is 5.09. The van der Waals surface area contributed by atoms with E-state index >= 15 is 0 Å². The number of nitro groups is 1. The second kappa shape index (κ2) is 6.89. The van der Waals surface area contributed by atoms with E-state index in [4.69, 9.17) is 16.7 Å². The number of halogens is 1. The third-order valence-corrected chi connectivity index (χ3v) is 2.74. The highest BCUT2D eigenvalue weighted by molar-refractivity contribution is 6.33. The first-order chi connectivity index (χ1) is 8.90. The maximum Gasteiger partial charge on any atom is 0.303 e. The first kappa shape index (κ1) is 15.2. The van der Waals surface area contributed by atoms with Gasteiger partial charge in [0, 0.05) is 18.5 Å². The summed E-state index contributed by atoms with van der Waals surface area (Å²) in [7, 11) is 0. The van der Waals surface area contributed by atoms with Crippen LogP contribution in [-0.2, 0) is 4.79 Å². The molecule has 0 aromatic carbocycles. The molecule has 0 aliphatic carbocycles. The van der Waals surface area contributed by atoms with Crippen LogP contribution in [0.25, 0.3) is 0 Å². The molecule has 0 fully saturated rings. The van der Waals surface area contributed by atoms with E-state index in [1.165, 1.54) is 6.07 Å². The van der Waals surface area contributed by atoms with Gasteiger partial charge in [0.25, 0.3) is 5.69 Å². The predicted octanol–water partition coefficient (Wildman–Crippen LogP) is 2.70. The Morgan fingerprint density at radius 2 is 2.37 bits per heavy atom. The zero-order valence-corrected chi connectivity index (χ0v) is 11.1. The van der Waals surface area contributed by atoms with E-state index in [9.17, 15) is 14.9 Å². The Kier molecular flexibility index (Phi) is 5.50. The molecule has 1 rings (SSSR count). The molecule has 1 unspecified atom stereocenters. The van der Waals surface area contributed by atoms with Crippen molar-refractivity contribution in [2.24, 2.45) is 0 Å². The minimum absolute atomic E-state index is 0.0224. The number of nitrogens with zero attached hydrogens (tertiary/aromatic N) is 2. The quantitative estimate of drug-likeness (QED) is 0.590. The van der Waals surface area contributed by atoms with Crippen LogP contribution in [0.3, 0.4) is 0 Å². The van der Waals surface area contributed by atoms with Gasteiger partial charge in [0.05, 0.1) is 9.95 Å². The summed E-state index contributed by atoms with van der Waals surface area (Å²) in [5.41, 5.74) is -0.172. The highest BCUT2D eigenvalue weighted by atomic mass is 35.5. The van der Waals surface area contributed by atoms with E-state index in [1.54, 1.807) is 0 Å². The average Bonchev–Trinajstić information content (AvgIpc) is 2.31. The smallest absolute Gasteiger partial charge is 0.303 e. The highest BCUT2D eigenvalue weighted by Gasteiger charge is 2.12. The molecule has 0 spiro atoms. The lowest BCUT2D eigenvalue weighted by Gasteiger charge is -2.14. The van der Waals surface area contributed by atoms with Gasteiger partial charge >= 0.3 is 5.97 Å². The first-order valence-corrected chi connectivity index (χ1v) is 6.06. The van der Waals surface area contributed by atoms with Crippen molar-refractivity contribution in [1.82, 2.24) is 4.98 Å². The van der Waals surface area contributed by atoms with Gasteiger partial charge in [0.2, 0.25) is 0 Å². The Bertz CT molecular complexity index is 481. The number of carbonyl (C=O) groups is 1. The second-order valence-corrected chi connectivity index (χ2v) is 4.52. The van der Waals surface area contributed by atoms with Gasteiger partial charge in [-0.3, -0.25) is 14.9 Å². The summed E-state index contributed by atoms with van der Waals surface area (Å²) >= 11 is 5.88. The molecule has 7 nitrogen and oxygen atoms in total. The summed E-state index contributed by atoms with van der Waals surface area (Å²) in [6, 6.07) is 1.20. The maximum absolute atomic E-state index is 10.5. The molecule has 1 aromatic heterocycles. The van der Waals surface area contributed by atoms with E-state index < -0.39 is 10.9 Å². The predicted molar refractivity (Wildman–Crippen MR) is 70.5 cm³/mol. The van der Waals surface area contributed by atoms with Crippen molar-refractivity contribution in [3.05, 3.63) is 27.4 Å². The minimum Gasteiger partial charge on any atom is -0.481 e. The SMILES string of the molecule is CC(CCCC(=O)O)Nc1ncc([N+](=O)[O-])cc1Cl. The van der Waals surface area contributed by atoms with Gasteiger partial charge in [-0.25, -0.2) is 4.98 Å². The van der Waals surface area contributed by atoms with Crippen LogP contribution in [0.1, 0.15) is 26.2 Å². The molecular formula is C11H14ClN3O4. The number of anilines is 1. The second-order valence-electron chi connectivity index (χ2n) is 4.11. The molecule has 19 heavy (non-hydrogen) atoms. The standard InChI is InChI=1S/C11H14ClN3O4/c1-7(3-2-4-10(16)17)14-11-9(12)5-8(6-13-11)15(18)19/h5-7H,2-4H2,1H3,(H,13,14)(H,16,17). The van der Waals surface area contributed by atoms with Crippen molar-refractivity contribution < 1.29 is 14.8 Å². The Labute approximate surface area is 114 Å². The third-order valence-electron chi connectivity index (χ3n) is 2.45. The van der Waals surface area contributed by atoms with Crippen LogP contribution in [0.5, 0.6) is 0 Å². The normalized spacial score (nSPS) is 11.9. The number of carboxylic acid groups (broad SMARTS) is 1. The van der Waals surface area contributed by atoms with Crippen molar-refractivity contribution in [2.45, 2.75) is 32.2 Å². The van der Waals surface area contributed by atoms with Gasteiger partial charge in [-0.05, 0) is 19.8 Å². The number of carboxylic acids is 1.